The van der Waals surface area contributed by atoms with Gasteiger partial charge >= 0.3 is 0 Å². The van der Waals surface area contributed by atoms with Crippen molar-refractivity contribution in [2.45, 2.75) is 152 Å². The summed E-state index contributed by atoms with van der Waals surface area (Å²) in [5.41, 5.74) is 37.4. The predicted molar refractivity (Wildman–Crippen MR) is 384 cm³/mol. The summed E-state index contributed by atoms with van der Waals surface area (Å²) in [6.07, 6.45) is 5.20. The zero-order valence-electron chi connectivity index (χ0n) is 57.1. The van der Waals surface area contributed by atoms with Crippen LogP contribution in [0.1, 0.15) is 88.8 Å². The number of fused-ring (bicyclic) bond motifs is 3. The predicted octanol–water partition coefficient (Wildman–Crippen LogP) is -3.55. The Morgan fingerprint density at radius 1 is 0.343 bits per heavy atom. The molecule has 36 nitrogen and oxygen atoms in total. The first-order valence-electron chi connectivity index (χ1n) is 33.3. The maximum absolute atomic E-state index is 15.3. The van der Waals surface area contributed by atoms with E-state index in [2.05, 4.69) is 84.1 Å². The van der Waals surface area contributed by atoms with Crippen LogP contribution in [0.25, 0.3) is 32.7 Å². The van der Waals surface area contributed by atoms with Crippen LogP contribution in [0, 0.1) is 21.6 Å². The van der Waals surface area contributed by atoms with Crippen molar-refractivity contribution in [1.82, 2.24) is 84.1 Å². The van der Waals surface area contributed by atoms with Crippen LogP contribution < -0.4 is 104 Å². The van der Waals surface area contributed by atoms with E-state index in [9.17, 15) is 38.4 Å². The van der Waals surface area contributed by atoms with Crippen molar-refractivity contribution in [1.29, 1.82) is 21.6 Å². The zero-order valence-corrected chi connectivity index (χ0v) is 57.1. The van der Waals surface area contributed by atoms with Gasteiger partial charge in [-0.15, -0.1) is 0 Å². The van der Waals surface area contributed by atoms with Gasteiger partial charge in [-0.3, -0.25) is 69.6 Å². The number of nitrogens with two attached hydrogens (primary N) is 6. The van der Waals surface area contributed by atoms with Crippen molar-refractivity contribution in [3.8, 4) is 0 Å². The molecule has 36 heteroatoms. The number of guanidine groups is 4. The standard InChI is InChI=1S/C66H96N26O10/c1-34(53(68)93)84-57(97)47(21-11-25-78-64(71)72)87-59(99)49(23-13-27-80-66(75)76)89-61(101)52(30-39-33-83-46-20-9-6-16-42(39)46)92-62(102)51(29-38-32-82-45-19-8-5-15-41(38)45)91-55(95)36(3)86-58(98)48(22-12-26-79-65(73)74)88-60(100)50(28-37-31-81-44-18-7-4-14-40(37)44)90-54(94)35(2)85-56(96)43(67)17-10-24-77-63(69)70/h4-9,14-16,18-20,31-36,43,47-52,81-83H,10-13,17,21-30,67H2,1-3H3,(H2,68,93)(H,84,97)(H,85,96)(H,86,98)(H,87,99)(H,88,100)(H,89,101)(H,90,94)(H,91,95)(H,92,102)(H4,69,70,77)(H4,71,72,78)(H4,73,74,79)(H4,75,76,80)/t34-,35-,36-,43-,47-,48-,49-,50-,51-,52-/m0/s1. The highest BCUT2D eigenvalue weighted by Crippen LogP contribution is 2.23. The van der Waals surface area contributed by atoms with Crippen LogP contribution in [0.15, 0.2) is 91.4 Å². The summed E-state index contributed by atoms with van der Waals surface area (Å²) in [5, 5.41) is 67.1. The van der Waals surface area contributed by atoms with E-state index in [1.807, 2.05) is 18.2 Å². The molecule has 550 valence electrons. The molecule has 0 bridgehead atoms. The van der Waals surface area contributed by atoms with E-state index in [-0.39, 0.29) is 114 Å². The van der Waals surface area contributed by atoms with E-state index in [0.717, 1.165) is 10.9 Å². The Balaban J connectivity index is 1.28. The summed E-state index contributed by atoms with van der Waals surface area (Å²) in [4.78, 5) is 151. The minimum Gasteiger partial charge on any atom is -0.370 e. The fourth-order valence-corrected chi connectivity index (χ4v) is 11.1. The molecule has 0 aliphatic heterocycles. The zero-order chi connectivity index (χ0) is 74.6. The first-order valence-corrected chi connectivity index (χ1v) is 33.3. The number of hydrogen-bond donors (Lipinski definition) is 26. The molecule has 102 heavy (non-hydrogen) atoms. The van der Waals surface area contributed by atoms with E-state index in [4.69, 9.17) is 56.0 Å². The highest BCUT2D eigenvalue weighted by atomic mass is 16.2. The average molecular weight is 1410 g/mol. The second kappa shape index (κ2) is 39.0. The molecule has 0 saturated heterocycles. The molecule has 0 saturated carbocycles. The molecule has 10 amide bonds. The molecule has 6 rings (SSSR count). The lowest BCUT2D eigenvalue weighted by molar-refractivity contribution is -0.136. The monoisotopic (exact) mass is 1410 g/mol. The molecular weight excluding hydrogens is 1320 g/mol. The van der Waals surface area contributed by atoms with Crippen LogP contribution in [-0.4, -0.2) is 184 Å². The summed E-state index contributed by atoms with van der Waals surface area (Å²) in [6.45, 7) is 4.64. The van der Waals surface area contributed by atoms with E-state index in [1.54, 1.807) is 73.2 Å². The molecule has 0 aliphatic carbocycles. The maximum Gasteiger partial charge on any atom is 0.243 e. The second-order valence-electron chi connectivity index (χ2n) is 24.7. The van der Waals surface area contributed by atoms with E-state index in [1.165, 1.54) is 20.8 Å². The van der Waals surface area contributed by atoms with Gasteiger partial charge in [-0.25, -0.2) is 0 Å². The summed E-state index contributed by atoms with van der Waals surface area (Å²) >= 11 is 0. The largest absolute Gasteiger partial charge is 0.370 e. The Morgan fingerprint density at radius 2 is 0.598 bits per heavy atom. The smallest absolute Gasteiger partial charge is 0.243 e. The average Bonchev–Trinajstić information content (AvgIpc) is 1.65. The number of carbonyl (C=O) groups excluding carboxylic acids is 10. The summed E-state index contributed by atoms with van der Waals surface area (Å²) in [6, 6.07) is 8.15. The minimum absolute atomic E-state index is 0.0424. The van der Waals surface area contributed by atoms with E-state index < -0.39 is 119 Å². The van der Waals surface area contributed by atoms with Crippen LogP contribution in [0.4, 0.5) is 0 Å². The number of carbonyl (C=O) groups is 10. The molecule has 3 aromatic heterocycles. The molecule has 0 aliphatic rings. The number of aromatic nitrogens is 3. The minimum atomic E-state index is -1.51. The van der Waals surface area contributed by atoms with Crippen molar-refractivity contribution >= 4 is 116 Å². The second-order valence-corrected chi connectivity index (χ2v) is 24.7. The molecule has 0 radical (unpaired) electrons. The number of para-hydroxylation sites is 3. The number of H-pyrrole nitrogens is 3. The summed E-state index contributed by atoms with van der Waals surface area (Å²) in [7, 11) is 0. The number of amides is 10. The van der Waals surface area contributed by atoms with Gasteiger partial charge in [0.05, 0.1) is 6.04 Å². The maximum atomic E-state index is 15.3. The molecule has 3 heterocycles. The Hall–Kier alpha value is -12.0. The third-order valence-corrected chi connectivity index (χ3v) is 16.7. The Kier molecular flexibility index (Phi) is 30.2. The lowest BCUT2D eigenvalue weighted by atomic mass is 10.0. The third kappa shape index (κ3) is 24.8. The van der Waals surface area contributed by atoms with Crippen molar-refractivity contribution in [3.05, 3.63) is 108 Å². The van der Waals surface area contributed by atoms with Gasteiger partial charge in [-0.2, -0.15) is 0 Å². The van der Waals surface area contributed by atoms with Crippen LogP contribution in [0.2, 0.25) is 0 Å². The number of rotatable bonds is 41. The Morgan fingerprint density at radius 3 is 0.912 bits per heavy atom. The molecular formula is C66H96N26O10. The van der Waals surface area contributed by atoms with Crippen LogP contribution >= 0.6 is 0 Å². The number of benzene rings is 3. The molecule has 0 spiro atoms. The van der Waals surface area contributed by atoms with Crippen molar-refractivity contribution in [2.24, 2.45) is 34.4 Å². The van der Waals surface area contributed by atoms with Gasteiger partial charge in [-0.05, 0) is 107 Å². The topological polar surface area (TPSA) is 626 Å². The molecule has 3 aromatic carbocycles. The normalized spacial score (nSPS) is 14.0. The highest BCUT2D eigenvalue weighted by Gasteiger charge is 2.36. The first kappa shape index (κ1) is 79.0. The van der Waals surface area contributed by atoms with Gasteiger partial charge < -0.3 is 118 Å². The fraction of sp³-hybridized carbons (Fsp3) is 0.424. The summed E-state index contributed by atoms with van der Waals surface area (Å²) < 4.78 is 0. The number of primary amides is 1. The van der Waals surface area contributed by atoms with Crippen LogP contribution in [0.3, 0.4) is 0 Å². The molecule has 0 unspecified atom stereocenters. The van der Waals surface area contributed by atoms with Gasteiger partial charge in [0.25, 0.3) is 0 Å². The van der Waals surface area contributed by atoms with Crippen LogP contribution in [0.5, 0.6) is 0 Å². The van der Waals surface area contributed by atoms with Gasteiger partial charge in [0.2, 0.25) is 59.1 Å². The van der Waals surface area contributed by atoms with Gasteiger partial charge in [0.15, 0.2) is 23.8 Å². The number of hydrogen-bond acceptors (Lipinski definition) is 15. The van der Waals surface area contributed by atoms with E-state index in [0.29, 0.717) is 44.9 Å². The fourth-order valence-electron chi connectivity index (χ4n) is 11.1. The summed E-state index contributed by atoms with van der Waals surface area (Å²) in [5.74, 6) is -9.63. The van der Waals surface area contributed by atoms with Crippen molar-refractivity contribution < 1.29 is 47.9 Å². The van der Waals surface area contributed by atoms with Gasteiger partial charge in [0, 0.05) is 96.7 Å². The van der Waals surface area contributed by atoms with Crippen molar-refractivity contribution in [2.75, 3.05) is 26.2 Å². The van der Waals surface area contributed by atoms with Crippen LogP contribution in [-0.2, 0) is 67.2 Å². The third-order valence-electron chi connectivity index (χ3n) is 16.7. The molecule has 10 atom stereocenters. The molecule has 6 aromatic rings. The Bertz CT molecular complexity index is 3960. The highest BCUT2D eigenvalue weighted by molar-refractivity contribution is 6.00. The lowest BCUT2D eigenvalue weighted by Gasteiger charge is -2.28. The van der Waals surface area contributed by atoms with Gasteiger partial charge in [0.1, 0.15) is 54.4 Å². The quantitative estimate of drug-likeness (QED) is 0.0100. The molecule has 0 fully saturated rings. The number of aromatic amines is 3. The number of nitrogens with one attached hydrogen (secondary N) is 20. The Labute approximate surface area is 587 Å². The van der Waals surface area contributed by atoms with E-state index >= 15 is 9.59 Å². The lowest BCUT2D eigenvalue weighted by Crippen LogP contribution is -2.60. The van der Waals surface area contributed by atoms with Crippen molar-refractivity contribution in [3.63, 3.8) is 0 Å². The first-order chi connectivity index (χ1) is 48.6. The molecule has 32 N–H and O–H groups in total. The SMILES string of the molecule is C[C@H](NC(=O)[C@H](CCCNC(=N)N)NC(=O)[C@H](CCCNC(=N)N)NC(=O)[C@H](Cc1c[nH]c2ccccc12)NC(=O)[C@H](Cc1c[nH]c2ccccc12)NC(=O)[C@H](C)NC(=O)[C@H](CCCNC(=N)N)NC(=O)[C@H](Cc1c[nH]c2ccccc12)NC(=O)[C@H](C)NC(=O)[C@@H](N)CCCNC(=N)N)C(N)=O. The van der Waals surface area contributed by atoms with Gasteiger partial charge in [-0.1, -0.05) is 54.6 Å².